The quantitative estimate of drug-likeness (QED) is 0.424. The van der Waals surface area contributed by atoms with E-state index in [4.69, 9.17) is 5.11 Å². The van der Waals surface area contributed by atoms with Gasteiger partial charge in [0.15, 0.2) is 0 Å². The average Bonchev–Trinajstić information content (AvgIpc) is 2.77. The zero-order chi connectivity index (χ0) is 17.2. The molecule has 5 heteroatoms. The van der Waals surface area contributed by atoms with Crippen LogP contribution in [0.15, 0.2) is 24.3 Å². The van der Waals surface area contributed by atoms with Crippen LogP contribution in [0, 0.1) is 11.8 Å². The van der Waals surface area contributed by atoms with Gasteiger partial charge in [-0.2, -0.15) is 0 Å². The smallest absolute Gasteiger partial charge is 0.303 e. The van der Waals surface area contributed by atoms with Gasteiger partial charge in [0, 0.05) is 24.7 Å². The largest absolute Gasteiger partial charge is 0.481 e. The van der Waals surface area contributed by atoms with Crippen molar-refractivity contribution in [2.24, 2.45) is 11.8 Å². The van der Waals surface area contributed by atoms with Crippen molar-refractivity contribution in [3.63, 3.8) is 0 Å². The van der Waals surface area contributed by atoms with Gasteiger partial charge in [-0.05, 0) is 32.1 Å². The molecule has 0 bridgehead atoms. The maximum Gasteiger partial charge on any atom is 0.303 e. The SMILES string of the molecule is CC[C@@H](O)/C=C/[C@@H]1[C@H](O)CC(=O)[C@@H]1C/C=C\CCCCC(=O)O. The Labute approximate surface area is 137 Å². The standard InChI is InChI=1S/C18H28O5/c1-2-13(19)10-11-15-14(16(20)12-17(15)21)8-6-4-3-5-7-9-18(22)23/h4,6,10-11,13-15,17,19,21H,2-3,5,7-9,12H2,1H3,(H,22,23)/b6-4-,11-10+/t13-,14-,15+,17-/m1/s1. The molecule has 3 N–H and O–H groups in total. The number of aliphatic hydroxyl groups is 2. The summed E-state index contributed by atoms with van der Waals surface area (Å²) in [6.45, 7) is 1.87. The normalized spacial score (nSPS) is 26.4. The van der Waals surface area contributed by atoms with E-state index in [1.807, 2.05) is 19.1 Å². The highest BCUT2D eigenvalue weighted by Crippen LogP contribution is 2.33. The Balaban J connectivity index is 2.44. The summed E-state index contributed by atoms with van der Waals surface area (Å²) in [5, 5.41) is 28.1. The topological polar surface area (TPSA) is 94.8 Å². The maximum absolute atomic E-state index is 12.0. The molecule has 5 nitrogen and oxygen atoms in total. The first-order valence-electron chi connectivity index (χ1n) is 8.39. The fourth-order valence-corrected chi connectivity index (χ4v) is 2.82. The fourth-order valence-electron chi connectivity index (χ4n) is 2.82. The van der Waals surface area contributed by atoms with Gasteiger partial charge in [0.05, 0.1) is 12.2 Å². The van der Waals surface area contributed by atoms with Crippen LogP contribution in [0.2, 0.25) is 0 Å². The first-order valence-corrected chi connectivity index (χ1v) is 8.39. The highest BCUT2D eigenvalue weighted by molar-refractivity contribution is 5.84. The molecule has 1 saturated carbocycles. The van der Waals surface area contributed by atoms with Crippen molar-refractivity contribution in [3.05, 3.63) is 24.3 Å². The third-order valence-corrected chi connectivity index (χ3v) is 4.27. The van der Waals surface area contributed by atoms with Gasteiger partial charge in [-0.3, -0.25) is 9.59 Å². The van der Waals surface area contributed by atoms with E-state index in [0.717, 1.165) is 12.8 Å². The summed E-state index contributed by atoms with van der Waals surface area (Å²) >= 11 is 0. The minimum Gasteiger partial charge on any atom is -0.481 e. The number of aliphatic carboxylic acids is 1. The second-order valence-corrected chi connectivity index (χ2v) is 6.13. The molecule has 0 aromatic carbocycles. The van der Waals surface area contributed by atoms with Gasteiger partial charge in [0.1, 0.15) is 5.78 Å². The summed E-state index contributed by atoms with van der Waals surface area (Å²) in [4.78, 5) is 22.4. The summed E-state index contributed by atoms with van der Waals surface area (Å²) in [6.07, 6.45) is 9.95. The summed E-state index contributed by atoms with van der Waals surface area (Å²) in [5.74, 6) is -1.18. The molecule has 1 rings (SSSR count). The van der Waals surface area contributed by atoms with Crippen LogP contribution in [0.3, 0.4) is 0 Å². The molecule has 0 radical (unpaired) electrons. The van der Waals surface area contributed by atoms with E-state index in [9.17, 15) is 19.8 Å². The van der Waals surface area contributed by atoms with Crippen molar-refractivity contribution >= 4 is 11.8 Å². The number of allylic oxidation sites excluding steroid dienone is 2. The Bertz CT molecular complexity index is 441. The van der Waals surface area contributed by atoms with E-state index in [1.165, 1.54) is 0 Å². The summed E-state index contributed by atoms with van der Waals surface area (Å²) in [7, 11) is 0. The maximum atomic E-state index is 12.0. The lowest BCUT2D eigenvalue weighted by Crippen LogP contribution is -2.18. The predicted octanol–water partition coefficient (Wildman–Crippen LogP) is 2.47. The van der Waals surface area contributed by atoms with Crippen LogP contribution >= 0.6 is 0 Å². The molecule has 4 atom stereocenters. The van der Waals surface area contributed by atoms with Gasteiger partial charge in [-0.25, -0.2) is 0 Å². The lowest BCUT2D eigenvalue weighted by molar-refractivity contribution is -0.137. The van der Waals surface area contributed by atoms with Crippen LogP contribution in [0.25, 0.3) is 0 Å². The lowest BCUT2D eigenvalue weighted by Gasteiger charge is -2.16. The fraction of sp³-hybridized carbons (Fsp3) is 0.667. The molecular formula is C18H28O5. The molecule has 0 unspecified atom stereocenters. The predicted molar refractivity (Wildman–Crippen MR) is 87.9 cm³/mol. The number of carboxylic acids is 1. The van der Waals surface area contributed by atoms with E-state index in [-0.39, 0.29) is 30.5 Å². The van der Waals surface area contributed by atoms with Gasteiger partial charge in [-0.15, -0.1) is 0 Å². The monoisotopic (exact) mass is 324 g/mol. The van der Waals surface area contributed by atoms with Gasteiger partial charge < -0.3 is 15.3 Å². The van der Waals surface area contributed by atoms with E-state index < -0.39 is 18.2 Å². The molecule has 23 heavy (non-hydrogen) atoms. The Kier molecular flexibility index (Phi) is 8.81. The number of unbranched alkanes of at least 4 members (excludes halogenated alkanes) is 2. The number of hydrogen-bond donors (Lipinski definition) is 3. The molecule has 1 aliphatic rings. The zero-order valence-electron chi connectivity index (χ0n) is 13.7. The number of aliphatic hydroxyl groups excluding tert-OH is 2. The molecule has 130 valence electrons. The number of rotatable bonds is 10. The molecular weight excluding hydrogens is 296 g/mol. The first-order chi connectivity index (χ1) is 11.0. The van der Waals surface area contributed by atoms with E-state index in [1.54, 1.807) is 12.2 Å². The third-order valence-electron chi connectivity index (χ3n) is 4.27. The van der Waals surface area contributed by atoms with Crippen LogP contribution < -0.4 is 0 Å². The van der Waals surface area contributed by atoms with Crippen LogP contribution in [0.4, 0.5) is 0 Å². The molecule has 0 spiro atoms. The van der Waals surface area contributed by atoms with Gasteiger partial charge in [-0.1, -0.05) is 31.2 Å². The first kappa shape index (κ1) is 19.6. The molecule has 0 amide bonds. The van der Waals surface area contributed by atoms with Crippen molar-refractivity contribution in [1.82, 2.24) is 0 Å². The number of hydrogen-bond acceptors (Lipinski definition) is 4. The van der Waals surface area contributed by atoms with Crippen LogP contribution in [0.5, 0.6) is 0 Å². The summed E-state index contributed by atoms with van der Waals surface area (Å²) < 4.78 is 0. The minimum atomic E-state index is -0.775. The Morgan fingerprint density at radius 2 is 2.09 bits per heavy atom. The van der Waals surface area contributed by atoms with Crippen molar-refractivity contribution in [2.75, 3.05) is 0 Å². The highest BCUT2D eigenvalue weighted by atomic mass is 16.4. The summed E-state index contributed by atoms with van der Waals surface area (Å²) in [6, 6.07) is 0. The van der Waals surface area contributed by atoms with Crippen LogP contribution in [-0.4, -0.2) is 39.3 Å². The molecule has 0 aliphatic heterocycles. The number of ketones is 1. The van der Waals surface area contributed by atoms with E-state index >= 15 is 0 Å². The van der Waals surface area contributed by atoms with Crippen LogP contribution in [-0.2, 0) is 9.59 Å². The van der Waals surface area contributed by atoms with Gasteiger partial charge in [0.25, 0.3) is 0 Å². The second-order valence-electron chi connectivity index (χ2n) is 6.13. The van der Waals surface area contributed by atoms with E-state index in [2.05, 4.69) is 0 Å². The minimum absolute atomic E-state index is 0.0636. The third kappa shape index (κ3) is 7.10. The zero-order valence-corrected chi connectivity index (χ0v) is 13.7. The lowest BCUT2D eigenvalue weighted by atomic mass is 9.90. The van der Waals surface area contributed by atoms with Crippen molar-refractivity contribution in [1.29, 1.82) is 0 Å². The highest BCUT2D eigenvalue weighted by Gasteiger charge is 2.39. The molecule has 0 heterocycles. The molecule has 0 aromatic rings. The van der Waals surface area contributed by atoms with Gasteiger partial charge >= 0.3 is 5.97 Å². The van der Waals surface area contributed by atoms with Crippen molar-refractivity contribution in [3.8, 4) is 0 Å². The van der Waals surface area contributed by atoms with Crippen molar-refractivity contribution in [2.45, 2.75) is 64.1 Å². The van der Waals surface area contributed by atoms with E-state index in [0.29, 0.717) is 19.3 Å². The number of carboxylic acid groups (broad SMARTS) is 1. The van der Waals surface area contributed by atoms with Crippen molar-refractivity contribution < 1.29 is 24.9 Å². The molecule has 1 aliphatic carbocycles. The Morgan fingerprint density at radius 1 is 1.35 bits per heavy atom. The number of carbonyl (C=O) groups excluding carboxylic acids is 1. The molecule has 0 saturated heterocycles. The van der Waals surface area contributed by atoms with Crippen LogP contribution in [0.1, 0.15) is 51.9 Å². The second kappa shape index (κ2) is 10.3. The number of Topliss-reactive ketones (excluding diaryl/α,β-unsaturated/α-hetero) is 1. The Hall–Kier alpha value is -1.46. The van der Waals surface area contributed by atoms with Gasteiger partial charge in [0.2, 0.25) is 0 Å². The molecule has 1 fully saturated rings. The molecule has 0 aromatic heterocycles. The average molecular weight is 324 g/mol. The number of carbonyl (C=O) groups is 2. The Morgan fingerprint density at radius 3 is 2.74 bits per heavy atom. The summed E-state index contributed by atoms with van der Waals surface area (Å²) in [5.41, 5.74) is 0.